The van der Waals surface area contributed by atoms with Gasteiger partial charge in [0.15, 0.2) is 0 Å². The largest absolute Gasteiger partial charge is 0.507 e. The van der Waals surface area contributed by atoms with E-state index in [9.17, 15) is 23.5 Å². The first-order chi connectivity index (χ1) is 14.4. The summed E-state index contributed by atoms with van der Waals surface area (Å²) >= 11 is 0. The van der Waals surface area contributed by atoms with Gasteiger partial charge in [0.25, 0.3) is 11.7 Å². The van der Waals surface area contributed by atoms with Crippen molar-refractivity contribution in [1.29, 1.82) is 0 Å². The number of halogens is 2. The average molecular weight is 405 g/mol. The number of benzene rings is 3. The van der Waals surface area contributed by atoms with Crippen molar-refractivity contribution in [3.05, 3.63) is 107 Å². The van der Waals surface area contributed by atoms with Crippen LogP contribution in [0.3, 0.4) is 0 Å². The molecule has 1 N–H and O–H groups in total. The van der Waals surface area contributed by atoms with Crippen LogP contribution < -0.4 is 4.90 Å². The van der Waals surface area contributed by atoms with E-state index in [1.807, 2.05) is 19.1 Å². The van der Waals surface area contributed by atoms with E-state index < -0.39 is 35.1 Å². The Morgan fingerprint density at radius 1 is 0.900 bits per heavy atom. The lowest BCUT2D eigenvalue weighted by molar-refractivity contribution is -0.132. The Kier molecular flexibility index (Phi) is 4.91. The molecule has 1 atom stereocenters. The van der Waals surface area contributed by atoms with Crippen LogP contribution in [0.1, 0.15) is 22.7 Å². The Hall–Kier alpha value is -3.80. The monoisotopic (exact) mass is 405 g/mol. The Bertz CT molecular complexity index is 1170. The SMILES string of the molecule is Cc1cccc(C2/C(=C(/O)c3ccc(F)cc3)C(=O)C(=O)N2c2ccc(F)cc2)c1. The summed E-state index contributed by atoms with van der Waals surface area (Å²) in [6.45, 7) is 1.87. The van der Waals surface area contributed by atoms with Crippen molar-refractivity contribution in [3.63, 3.8) is 0 Å². The van der Waals surface area contributed by atoms with Crippen molar-refractivity contribution in [2.45, 2.75) is 13.0 Å². The van der Waals surface area contributed by atoms with Crippen molar-refractivity contribution in [2.75, 3.05) is 4.90 Å². The van der Waals surface area contributed by atoms with Gasteiger partial charge in [-0.15, -0.1) is 0 Å². The topological polar surface area (TPSA) is 57.6 Å². The van der Waals surface area contributed by atoms with Gasteiger partial charge in [-0.1, -0.05) is 29.8 Å². The molecule has 3 aromatic rings. The van der Waals surface area contributed by atoms with Gasteiger partial charge in [-0.25, -0.2) is 8.78 Å². The number of rotatable bonds is 3. The first kappa shape index (κ1) is 19.5. The second kappa shape index (κ2) is 7.55. The molecule has 150 valence electrons. The summed E-state index contributed by atoms with van der Waals surface area (Å²) in [6.07, 6.45) is 0. The van der Waals surface area contributed by atoms with E-state index in [2.05, 4.69) is 0 Å². The summed E-state index contributed by atoms with van der Waals surface area (Å²) in [5.41, 5.74) is 1.94. The molecular formula is C24H17F2NO3. The summed E-state index contributed by atoms with van der Waals surface area (Å²) in [4.78, 5) is 27.1. The molecule has 30 heavy (non-hydrogen) atoms. The molecule has 0 aromatic heterocycles. The van der Waals surface area contributed by atoms with E-state index in [0.29, 0.717) is 11.3 Å². The van der Waals surface area contributed by atoms with Gasteiger partial charge in [0.05, 0.1) is 11.6 Å². The standard InChI is InChI=1S/C24H17F2NO3/c1-14-3-2-4-16(13-14)21-20(22(28)15-5-7-17(25)8-6-15)23(29)24(30)27(21)19-11-9-18(26)10-12-19/h2-13,21,28H,1H3/b22-20-. The molecule has 1 aliphatic heterocycles. The molecule has 1 aliphatic rings. The molecule has 1 fully saturated rings. The highest BCUT2D eigenvalue weighted by molar-refractivity contribution is 6.51. The minimum atomic E-state index is -0.916. The third-order valence-corrected chi connectivity index (χ3v) is 5.02. The predicted octanol–water partition coefficient (Wildman–Crippen LogP) is 4.90. The van der Waals surface area contributed by atoms with Gasteiger partial charge in [0.1, 0.15) is 17.4 Å². The van der Waals surface area contributed by atoms with Crippen molar-refractivity contribution < 1.29 is 23.5 Å². The number of carbonyl (C=O) groups excluding carboxylic acids is 2. The summed E-state index contributed by atoms with van der Waals surface area (Å²) < 4.78 is 26.7. The van der Waals surface area contributed by atoms with Gasteiger partial charge < -0.3 is 5.11 Å². The van der Waals surface area contributed by atoms with Gasteiger partial charge >= 0.3 is 0 Å². The second-order valence-electron chi connectivity index (χ2n) is 7.07. The molecule has 0 aliphatic carbocycles. The number of aliphatic hydroxyl groups is 1. The number of ketones is 1. The van der Waals surface area contributed by atoms with E-state index in [4.69, 9.17) is 0 Å². The molecular weight excluding hydrogens is 388 g/mol. The number of hydrogen-bond acceptors (Lipinski definition) is 3. The third-order valence-electron chi connectivity index (χ3n) is 5.02. The van der Waals surface area contributed by atoms with Crippen LogP contribution in [-0.2, 0) is 9.59 Å². The number of Topliss-reactive ketones (excluding diaryl/α,β-unsaturated/α-hetero) is 1. The molecule has 4 rings (SSSR count). The minimum Gasteiger partial charge on any atom is -0.507 e. The zero-order valence-corrected chi connectivity index (χ0v) is 16.0. The van der Waals surface area contributed by atoms with Crippen LogP contribution in [0.2, 0.25) is 0 Å². The normalized spacial score (nSPS) is 18.1. The predicted molar refractivity (Wildman–Crippen MR) is 109 cm³/mol. The van der Waals surface area contributed by atoms with Crippen LogP contribution in [0.25, 0.3) is 5.76 Å². The highest BCUT2D eigenvalue weighted by Gasteiger charge is 2.46. The molecule has 1 saturated heterocycles. The summed E-state index contributed by atoms with van der Waals surface area (Å²) in [5, 5.41) is 10.9. The molecule has 1 amide bonds. The maximum atomic E-state index is 13.4. The first-order valence-corrected chi connectivity index (χ1v) is 9.26. The lowest BCUT2D eigenvalue weighted by Crippen LogP contribution is -2.29. The Morgan fingerprint density at radius 2 is 1.50 bits per heavy atom. The fourth-order valence-electron chi connectivity index (χ4n) is 3.62. The van der Waals surface area contributed by atoms with E-state index in [1.54, 1.807) is 12.1 Å². The first-order valence-electron chi connectivity index (χ1n) is 9.26. The zero-order chi connectivity index (χ0) is 21.4. The number of aryl methyl sites for hydroxylation is 1. The fourth-order valence-corrected chi connectivity index (χ4v) is 3.62. The molecule has 0 bridgehead atoms. The molecule has 0 saturated carbocycles. The zero-order valence-electron chi connectivity index (χ0n) is 16.0. The smallest absolute Gasteiger partial charge is 0.300 e. The Labute approximate surface area is 171 Å². The van der Waals surface area contributed by atoms with E-state index in [0.717, 1.165) is 17.7 Å². The maximum Gasteiger partial charge on any atom is 0.300 e. The number of aliphatic hydroxyl groups excluding tert-OH is 1. The highest BCUT2D eigenvalue weighted by atomic mass is 19.1. The van der Waals surface area contributed by atoms with Crippen molar-refractivity contribution in [3.8, 4) is 0 Å². The quantitative estimate of drug-likeness (QED) is 0.383. The number of hydrogen-bond donors (Lipinski definition) is 1. The van der Waals surface area contributed by atoms with Gasteiger partial charge in [0.2, 0.25) is 0 Å². The van der Waals surface area contributed by atoms with Gasteiger partial charge in [-0.2, -0.15) is 0 Å². The number of amides is 1. The fraction of sp³-hybridized carbons (Fsp3) is 0.0833. The van der Waals surface area contributed by atoms with Crippen LogP contribution >= 0.6 is 0 Å². The summed E-state index contributed by atoms with van der Waals surface area (Å²) in [6, 6.07) is 16.5. The minimum absolute atomic E-state index is 0.110. The van der Waals surface area contributed by atoms with E-state index >= 15 is 0 Å². The van der Waals surface area contributed by atoms with Crippen molar-refractivity contribution in [1.82, 2.24) is 0 Å². The molecule has 1 unspecified atom stereocenters. The number of anilines is 1. The molecule has 0 spiro atoms. The third kappa shape index (κ3) is 3.37. The summed E-state index contributed by atoms with van der Waals surface area (Å²) in [5.74, 6) is -3.07. The van der Waals surface area contributed by atoms with Gasteiger partial charge in [-0.3, -0.25) is 14.5 Å². The summed E-state index contributed by atoms with van der Waals surface area (Å²) in [7, 11) is 0. The van der Waals surface area contributed by atoms with Gasteiger partial charge in [-0.05, 0) is 61.0 Å². The maximum absolute atomic E-state index is 13.4. The lowest BCUT2D eigenvalue weighted by atomic mass is 9.94. The van der Waals surface area contributed by atoms with Crippen molar-refractivity contribution in [2.24, 2.45) is 0 Å². The molecule has 1 heterocycles. The highest BCUT2D eigenvalue weighted by Crippen LogP contribution is 2.42. The molecule has 6 heteroatoms. The Balaban J connectivity index is 1.95. The molecule has 0 radical (unpaired) electrons. The van der Waals surface area contributed by atoms with Crippen LogP contribution in [0.4, 0.5) is 14.5 Å². The van der Waals surface area contributed by atoms with E-state index in [1.165, 1.54) is 41.3 Å². The van der Waals surface area contributed by atoms with Gasteiger partial charge in [0, 0.05) is 11.3 Å². The van der Waals surface area contributed by atoms with Crippen LogP contribution in [0.15, 0.2) is 78.4 Å². The number of carbonyl (C=O) groups is 2. The lowest BCUT2D eigenvalue weighted by Gasteiger charge is -2.25. The van der Waals surface area contributed by atoms with Crippen molar-refractivity contribution >= 4 is 23.1 Å². The number of nitrogens with zero attached hydrogens (tertiary/aromatic N) is 1. The average Bonchev–Trinajstić information content (AvgIpc) is 3.00. The Morgan fingerprint density at radius 3 is 2.10 bits per heavy atom. The van der Waals surface area contributed by atoms with E-state index in [-0.39, 0.29) is 11.1 Å². The van der Waals surface area contributed by atoms with Crippen LogP contribution in [-0.4, -0.2) is 16.8 Å². The second-order valence-corrected chi connectivity index (χ2v) is 7.07. The van der Waals surface area contributed by atoms with Crippen LogP contribution in [0, 0.1) is 18.6 Å². The van der Waals surface area contributed by atoms with Crippen LogP contribution in [0.5, 0.6) is 0 Å². The molecule has 4 nitrogen and oxygen atoms in total. The molecule has 3 aromatic carbocycles.